The van der Waals surface area contributed by atoms with Crippen molar-refractivity contribution in [2.24, 2.45) is 0 Å². The van der Waals surface area contributed by atoms with E-state index >= 15 is 0 Å². The number of hydrogen-bond acceptors (Lipinski definition) is 13. The Labute approximate surface area is 662 Å². The van der Waals surface area contributed by atoms with E-state index in [1.807, 2.05) is 187 Å². The number of carbonyl (C=O) groups excluding carboxylic acids is 10. The molecule has 0 saturated heterocycles. The summed E-state index contributed by atoms with van der Waals surface area (Å²) in [5.41, 5.74) is 11.8. The minimum absolute atomic E-state index is 0.0314. The maximum Gasteiger partial charge on any atom is 0.407 e. The standard InChI is InChI=1S/C12H17NO2.C12H17NO.C10H12ClNO.C10H15N.C7H15NO.C6H14N2O.C6H13NO2.C6H11NO.3C5H11NO/c1-9(2)13-12(15)8-5-10-3-6-11(14)7-4-10;1-9(14)13-11-7-5-6-10(8-11)12(2,3)4;1-7(2)12-10(13)8-5-3-4-6-9(8)11;1-10(2,3)8-5-4-6-9(11)7-8;1-4-5-7(9)8-6(2)3;1-4-7-6(9)8-5(2)3;1-4-9-6(8)7-5(2)3;1-4-6(8)7-5(2)3;3*1-4(2)6-5(3)7/h3-4,6-7,9,14H,5,8H2,1-2H3,(H,13,15);5-8H,1-4H3,(H,13,14);3-7H,1-2H3,(H,12,13);4-7H,11H2,1-3H3;6H,4-5H2,1-3H3,(H,8,9);5H,4H2,1-3H3,(H2,7,8,9);5H,4H2,1-3H3,(H,7,8);4-5H,1H2,2-3H3,(H,7,8);3*4H,1-3H3,(H,6,7). The maximum atomic E-state index is 11.5. The molecule has 4 aromatic carbocycles. The molecule has 109 heavy (non-hydrogen) atoms. The topological polar surface area (TPSA) is 359 Å². The van der Waals surface area contributed by atoms with Crippen LogP contribution >= 0.6 is 11.6 Å². The Morgan fingerprint density at radius 3 is 1.18 bits per heavy atom. The molecule has 622 valence electrons. The number of phenolic OH excluding ortho intramolecular Hbond substituents is 1. The Morgan fingerprint density at radius 2 is 0.872 bits per heavy atom. The van der Waals surface area contributed by atoms with Gasteiger partial charge in [0.1, 0.15) is 5.75 Å². The molecule has 0 unspecified atom stereocenters. The summed E-state index contributed by atoms with van der Waals surface area (Å²) in [4.78, 5) is 106. The van der Waals surface area contributed by atoms with Gasteiger partial charge in [-0.3, -0.25) is 38.4 Å². The molecule has 0 saturated carbocycles. The van der Waals surface area contributed by atoms with Crippen molar-refractivity contribution in [2.45, 2.75) is 306 Å². The number of nitrogen functional groups attached to an aromatic ring is 1. The second-order valence-corrected chi connectivity index (χ2v) is 29.9. The van der Waals surface area contributed by atoms with Crippen molar-refractivity contribution < 1.29 is 57.8 Å². The van der Waals surface area contributed by atoms with E-state index in [0.29, 0.717) is 43.0 Å². The maximum absolute atomic E-state index is 11.5. The van der Waals surface area contributed by atoms with Crippen LogP contribution in [0.1, 0.15) is 261 Å². The molecule has 11 amide bonds. The number of ether oxygens (including phenoxy) is 1. The Balaban J connectivity index is -0.000000212. The Bertz CT molecular complexity index is 3030. The summed E-state index contributed by atoms with van der Waals surface area (Å²) in [5, 5.41) is 39.3. The number of phenols is 1. The van der Waals surface area contributed by atoms with Gasteiger partial charge in [-0.25, -0.2) is 9.59 Å². The molecule has 25 heteroatoms. The number of hydrogen-bond donors (Lipinski definition) is 13. The summed E-state index contributed by atoms with van der Waals surface area (Å²) in [6, 6.07) is 31.9. The van der Waals surface area contributed by atoms with Crippen LogP contribution in [-0.4, -0.2) is 132 Å². The third kappa shape index (κ3) is 85.9. The predicted octanol–water partition coefficient (Wildman–Crippen LogP) is 15.3. The van der Waals surface area contributed by atoms with Crippen LogP contribution in [0.15, 0.2) is 110 Å². The first kappa shape index (κ1) is 113. The van der Waals surface area contributed by atoms with E-state index in [1.165, 1.54) is 44.9 Å². The lowest BCUT2D eigenvalue weighted by molar-refractivity contribution is -0.122. The first-order valence-corrected chi connectivity index (χ1v) is 37.9. The first-order chi connectivity index (χ1) is 50.1. The zero-order valence-electron chi connectivity index (χ0n) is 72.4. The van der Waals surface area contributed by atoms with E-state index in [-0.39, 0.29) is 130 Å². The molecule has 14 N–H and O–H groups in total. The summed E-state index contributed by atoms with van der Waals surface area (Å²) in [6.07, 6.45) is 3.70. The van der Waals surface area contributed by atoms with Crippen LogP contribution in [0.3, 0.4) is 0 Å². The number of alkyl carbamates (subject to hydrolysis) is 1. The quantitative estimate of drug-likeness (QED) is 0.0307. The molecule has 0 aromatic heterocycles. The fourth-order valence-electron chi connectivity index (χ4n) is 7.64. The van der Waals surface area contributed by atoms with Gasteiger partial charge in [0.05, 0.1) is 17.2 Å². The van der Waals surface area contributed by atoms with Crippen LogP contribution < -0.4 is 64.2 Å². The first-order valence-electron chi connectivity index (χ1n) is 37.5. The van der Waals surface area contributed by atoms with Gasteiger partial charge in [-0.2, -0.15) is 0 Å². The lowest BCUT2D eigenvalue weighted by Crippen LogP contribution is -2.39. The Kier molecular flexibility index (Phi) is 69.5. The number of aryl methyl sites for hydroxylation is 1. The Hall–Kier alpha value is -9.19. The zero-order chi connectivity index (χ0) is 86.3. The van der Waals surface area contributed by atoms with Crippen LogP contribution in [0.5, 0.6) is 5.75 Å². The van der Waals surface area contributed by atoms with E-state index in [1.54, 1.807) is 43.3 Å². The van der Waals surface area contributed by atoms with Crippen molar-refractivity contribution >= 4 is 82.4 Å². The SMILES string of the molecule is C=CC(=O)NC(C)C.CC(=O)NC(C)C.CC(=O)NC(C)C.CC(=O)NC(C)C.CC(=O)Nc1cccc(C(C)(C)C)c1.CC(C)(C)c1cccc(N)c1.CC(C)NC(=O)CCc1ccc(O)cc1.CC(C)NC(=O)c1ccccc1Cl.CCCC(=O)NC(C)C.CCNC(=O)NC(C)C.CCOC(=O)NC(C)C. The second kappa shape index (κ2) is 67.0. The molecule has 0 aliphatic heterocycles. The molecule has 0 aliphatic rings. The van der Waals surface area contributed by atoms with Gasteiger partial charge in [-0.1, -0.05) is 115 Å². The van der Waals surface area contributed by atoms with Gasteiger partial charge in [0.25, 0.3) is 5.91 Å². The van der Waals surface area contributed by atoms with Crippen LogP contribution in [0.2, 0.25) is 5.02 Å². The largest absolute Gasteiger partial charge is 0.508 e. The third-order valence-corrected chi connectivity index (χ3v) is 12.2. The minimum Gasteiger partial charge on any atom is -0.508 e. The highest BCUT2D eigenvalue weighted by Gasteiger charge is 2.15. The third-order valence-electron chi connectivity index (χ3n) is 11.8. The van der Waals surface area contributed by atoms with E-state index in [0.717, 1.165) is 23.4 Å². The molecule has 24 nitrogen and oxygen atoms in total. The Morgan fingerprint density at radius 1 is 0.477 bits per heavy atom. The summed E-state index contributed by atoms with van der Waals surface area (Å²) in [7, 11) is 0. The van der Waals surface area contributed by atoms with E-state index in [9.17, 15) is 47.9 Å². The van der Waals surface area contributed by atoms with Gasteiger partial charge in [0, 0.05) is 113 Å². The number of urea groups is 1. The molecule has 4 aromatic rings. The summed E-state index contributed by atoms with van der Waals surface area (Å²) >= 11 is 5.84. The average Bonchev–Trinajstić information content (AvgIpc) is 0.864. The molecule has 0 atom stereocenters. The second-order valence-electron chi connectivity index (χ2n) is 29.5. The van der Waals surface area contributed by atoms with Crippen LogP contribution in [-0.2, 0) is 55.5 Å². The number of nitrogens with one attached hydrogen (secondary N) is 11. The molecule has 0 spiro atoms. The number of rotatable bonds is 19. The molecule has 0 fully saturated rings. The number of nitrogens with two attached hydrogens (primary N) is 1. The lowest BCUT2D eigenvalue weighted by Gasteiger charge is -2.19. The van der Waals surface area contributed by atoms with E-state index in [4.69, 9.17) is 22.4 Å². The predicted molar refractivity (Wildman–Crippen MR) is 454 cm³/mol. The molecule has 0 heterocycles. The number of aromatic hydroxyl groups is 1. The highest BCUT2D eigenvalue weighted by atomic mass is 35.5. The van der Waals surface area contributed by atoms with Gasteiger partial charge < -0.3 is 74.1 Å². The highest BCUT2D eigenvalue weighted by molar-refractivity contribution is 6.33. The van der Waals surface area contributed by atoms with Crippen molar-refractivity contribution in [1.29, 1.82) is 0 Å². The number of benzene rings is 4. The summed E-state index contributed by atoms with van der Waals surface area (Å²) < 4.78 is 4.60. The van der Waals surface area contributed by atoms with E-state index in [2.05, 4.69) is 123 Å². The smallest absolute Gasteiger partial charge is 0.407 e. The summed E-state index contributed by atoms with van der Waals surface area (Å²) in [5.74, 6) is 0.326. The fraction of sp³-hybridized carbons (Fsp3) is 0.571. The highest BCUT2D eigenvalue weighted by Crippen LogP contribution is 2.25. The van der Waals surface area contributed by atoms with Crippen LogP contribution in [0, 0.1) is 0 Å². The van der Waals surface area contributed by atoms with Crippen molar-refractivity contribution in [3.8, 4) is 5.75 Å². The minimum atomic E-state index is -0.340. The monoisotopic (exact) mass is 1550 g/mol. The number of amides is 11. The van der Waals surface area contributed by atoms with Gasteiger partial charge in [0.2, 0.25) is 41.4 Å². The lowest BCUT2D eigenvalue weighted by atomic mass is 9.87. The normalized spacial score (nSPS) is 9.99. The molecular weight excluding hydrogens is 1400 g/mol. The van der Waals surface area contributed by atoms with Crippen LogP contribution in [0.25, 0.3) is 0 Å². The van der Waals surface area contributed by atoms with E-state index < -0.39 is 0 Å². The molecule has 0 bridgehead atoms. The zero-order valence-corrected chi connectivity index (χ0v) is 73.1. The molecule has 0 aliphatic carbocycles. The van der Waals surface area contributed by atoms with Gasteiger partial charge in [-0.05, 0) is 233 Å². The summed E-state index contributed by atoms with van der Waals surface area (Å²) in [6.45, 7) is 63.8. The van der Waals surface area contributed by atoms with Gasteiger partial charge in [0.15, 0.2) is 0 Å². The fourth-order valence-corrected chi connectivity index (χ4v) is 7.86. The molecule has 0 radical (unpaired) electrons. The average molecular weight is 1550 g/mol. The van der Waals surface area contributed by atoms with Gasteiger partial charge in [-0.15, -0.1) is 0 Å². The van der Waals surface area contributed by atoms with Crippen molar-refractivity contribution in [3.63, 3.8) is 0 Å². The number of carbonyl (C=O) groups is 10. The van der Waals surface area contributed by atoms with Gasteiger partial charge >= 0.3 is 12.1 Å². The molecule has 4 rings (SSSR count). The molecular formula is C84H147ClN12O12. The number of anilines is 2. The van der Waals surface area contributed by atoms with Crippen molar-refractivity contribution in [3.05, 3.63) is 137 Å². The number of halogens is 1. The van der Waals surface area contributed by atoms with Crippen LogP contribution in [0.4, 0.5) is 21.0 Å². The van der Waals surface area contributed by atoms with Crippen molar-refractivity contribution in [1.82, 2.24) is 53.2 Å². The van der Waals surface area contributed by atoms with Crippen molar-refractivity contribution in [2.75, 3.05) is 24.2 Å².